The summed E-state index contributed by atoms with van der Waals surface area (Å²) < 4.78 is 2.18. The van der Waals surface area contributed by atoms with Crippen molar-refractivity contribution in [2.45, 2.75) is 0 Å². The fourth-order valence-electron chi connectivity index (χ4n) is 2.31. The number of pyridine rings is 1. The van der Waals surface area contributed by atoms with Crippen LogP contribution in [-0.2, 0) is 7.05 Å². The Morgan fingerprint density at radius 2 is 1.60 bits per heavy atom. The van der Waals surface area contributed by atoms with E-state index in [4.69, 9.17) is 11.6 Å². The molecule has 1 aromatic heterocycles. The van der Waals surface area contributed by atoms with Gasteiger partial charge in [0.2, 0.25) is 11.2 Å². The minimum absolute atomic E-state index is 0.771. The third-order valence-electron chi connectivity index (χ3n) is 3.46. The zero-order chi connectivity index (χ0) is 13.9. The van der Waals surface area contributed by atoms with Gasteiger partial charge in [-0.05, 0) is 29.8 Å². The van der Waals surface area contributed by atoms with Gasteiger partial charge in [-0.25, -0.2) is 0 Å². The SMILES string of the molecule is C[n+]1c(C=Cc2ccccc2Cl)ccc2ccccc21. The molecule has 0 saturated heterocycles. The largest absolute Gasteiger partial charge is 0.212 e. The molecule has 0 bridgehead atoms. The van der Waals surface area contributed by atoms with E-state index >= 15 is 0 Å². The van der Waals surface area contributed by atoms with Crippen LogP contribution in [0, 0.1) is 0 Å². The van der Waals surface area contributed by atoms with Crippen molar-refractivity contribution in [1.82, 2.24) is 0 Å². The second-order valence-corrected chi connectivity index (χ2v) is 5.14. The summed E-state index contributed by atoms with van der Waals surface area (Å²) in [5, 5.41) is 2.01. The summed E-state index contributed by atoms with van der Waals surface area (Å²) in [5.41, 5.74) is 3.39. The number of aryl methyl sites for hydroxylation is 1. The highest BCUT2D eigenvalue weighted by Gasteiger charge is 2.08. The zero-order valence-corrected chi connectivity index (χ0v) is 12.0. The highest BCUT2D eigenvalue weighted by Crippen LogP contribution is 2.18. The number of rotatable bonds is 2. The number of nitrogens with zero attached hydrogens (tertiary/aromatic N) is 1. The summed E-state index contributed by atoms with van der Waals surface area (Å²) in [6.45, 7) is 0. The number of hydrogen-bond donors (Lipinski definition) is 0. The first kappa shape index (κ1) is 12.9. The summed E-state index contributed by atoms with van der Waals surface area (Å²) >= 11 is 6.17. The van der Waals surface area contributed by atoms with E-state index in [2.05, 4.69) is 54.1 Å². The molecule has 3 aromatic rings. The molecule has 0 saturated carbocycles. The molecule has 0 aliphatic rings. The fourth-order valence-corrected chi connectivity index (χ4v) is 2.51. The molecule has 2 heteroatoms. The molecular formula is C18H15ClN+. The molecule has 0 spiro atoms. The van der Waals surface area contributed by atoms with Gasteiger partial charge in [-0.3, -0.25) is 0 Å². The lowest BCUT2D eigenvalue weighted by molar-refractivity contribution is -0.646. The lowest BCUT2D eigenvalue weighted by Crippen LogP contribution is -2.32. The third-order valence-corrected chi connectivity index (χ3v) is 3.80. The van der Waals surface area contributed by atoms with Gasteiger partial charge in [0.25, 0.3) is 0 Å². The van der Waals surface area contributed by atoms with Gasteiger partial charge in [-0.15, -0.1) is 0 Å². The zero-order valence-electron chi connectivity index (χ0n) is 11.3. The van der Waals surface area contributed by atoms with Crippen LogP contribution >= 0.6 is 11.6 Å². The van der Waals surface area contributed by atoms with E-state index < -0.39 is 0 Å². The quantitative estimate of drug-likeness (QED) is 0.609. The molecule has 0 amide bonds. The Bertz CT molecular complexity index is 790. The second kappa shape index (κ2) is 5.48. The molecule has 1 heterocycles. The summed E-state index contributed by atoms with van der Waals surface area (Å²) in [6.07, 6.45) is 4.14. The van der Waals surface area contributed by atoms with E-state index in [1.54, 1.807) is 0 Å². The van der Waals surface area contributed by atoms with Crippen LogP contribution in [0.25, 0.3) is 23.1 Å². The lowest BCUT2D eigenvalue weighted by Gasteiger charge is -2.00. The average Bonchev–Trinajstić information content (AvgIpc) is 2.48. The second-order valence-electron chi connectivity index (χ2n) is 4.73. The summed E-state index contributed by atoms with van der Waals surface area (Å²) in [5.74, 6) is 0. The van der Waals surface area contributed by atoms with Crippen LogP contribution in [0.2, 0.25) is 5.02 Å². The van der Waals surface area contributed by atoms with E-state index in [0.717, 1.165) is 16.3 Å². The molecule has 98 valence electrons. The highest BCUT2D eigenvalue weighted by atomic mass is 35.5. The van der Waals surface area contributed by atoms with Gasteiger partial charge in [0.1, 0.15) is 7.05 Å². The molecule has 0 aliphatic carbocycles. The molecule has 2 aromatic carbocycles. The summed E-state index contributed by atoms with van der Waals surface area (Å²) in [6, 6.07) is 20.5. The Morgan fingerprint density at radius 3 is 2.45 bits per heavy atom. The Balaban J connectivity index is 2.03. The molecule has 0 fully saturated rings. The van der Waals surface area contributed by atoms with E-state index in [1.807, 2.05) is 30.3 Å². The maximum absolute atomic E-state index is 6.17. The standard InChI is InChI=1S/C18H15ClN/c1-20-16(12-10-14-6-2-4-8-17(14)19)13-11-15-7-3-5-9-18(15)20/h2-13H,1H3/q+1. The van der Waals surface area contributed by atoms with Crippen molar-refractivity contribution in [2.75, 3.05) is 0 Å². The van der Waals surface area contributed by atoms with Gasteiger partial charge >= 0.3 is 0 Å². The first-order chi connectivity index (χ1) is 9.75. The first-order valence-electron chi connectivity index (χ1n) is 6.56. The predicted octanol–water partition coefficient (Wildman–Crippen LogP) is 4.49. The lowest BCUT2D eigenvalue weighted by atomic mass is 10.1. The smallest absolute Gasteiger partial charge is 0.195 e. The fraction of sp³-hybridized carbons (Fsp3) is 0.0556. The van der Waals surface area contributed by atoms with E-state index in [1.165, 1.54) is 10.9 Å². The van der Waals surface area contributed by atoms with Crippen LogP contribution in [-0.4, -0.2) is 0 Å². The molecule has 20 heavy (non-hydrogen) atoms. The van der Waals surface area contributed by atoms with Gasteiger partial charge < -0.3 is 0 Å². The predicted molar refractivity (Wildman–Crippen MR) is 85.5 cm³/mol. The van der Waals surface area contributed by atoms with E-state index in [9.17, 15) is 0 Å². The Hall–Kier alpha value is -2.12. The Labute approximate surface area is 123 Å². The highest BCUT2D eigenvalue weighted by molar-refractivity contribution is 6.32. The van der Waals surface area contributed by atoms with Crippen LogP contribution < -0.4 is 4.57 Å². The van der Waals surface area contributed by atoms with Crippen molar-refractivity contribution in [3.63, 3.8) is 0 Å². The van der Waals surface area contributed by atoms with Crippen LogP contribution in [0.15, 0.2) is 60.7 Å². The number of benzene rings is 2. The molecular weight excluding hydrogens is 266 g/mol. The number of halogens is 1. The van der Waals surface area contributed by atoms with Gasteiger partial charge in [0.05, 0.1) is 0 Å². The summed E-state index contributed by atoms with van der Waals surface area (Å²) in [7, 11) is 2.08. The molecule has 0 unspecified atom stereocenters. The van der Waals surface area contributed by atoms with Gasteiger partial charge in [0, 0.05) is 28.6 Å². The minimum atomic E-state index is 0.771. The van der Waals surface area contributed by atoms with E-state index in [0.29, 0.717) is 0 Å². The molecule has 0 radical (unpaired) electrons. The van der Waals surface area contributed by atoms with Gasteiger partial charge in [0.15, 0.2) is 0 Å². The minimum Gasteiger partial charge on any atom is -0.195 e. The molecule has 3 rings (SSSR count). The third kappa shape index (κ3) is 2.45. The maximum atomic E-state index is 6.17. The van der Waals surface area contributed by atoms with Gasteiger partial charge in [-0.1, -0.05) is 41.9 Å². The first-order valence-corrected chi connectivity index (χ1v) is 6.94. The number of fused-ring (bicyclic) bond motifs is 1. The van der Waals surface area contributed by atoms with Crippen molar-refractivity contribution in [1.29, 1.82) is 0 Å². The Kier molecular flexibility index (Phi) is 3.53. The number of para-hydroxylation sites is 1. The monoisotopic (exact) mass is 280 g/mol. The van der Waals surface area contributed by atoms with E-state index in [-0.39, 0.29) is 0 Å². The van der Waals surface area contributed by atoms with Crippen LogP contribution in [0.4, 0.5) is 0 Å². The number of aromatic nitrogens is 1. The molecule has 0 N–H and O–H groups in total. The van der Waals surface area contributed by atoms with Gasteiger partial charge in [-0.2, -0.15) is 4.57 Å². The van der Waals surface area contributed by atoms with Crippen molar-refractivity contribution in [3.05, 3.63) is 76.9 Å². The van der Waals surface area contributed by atoms with Crippen molar-refractivity contribution < 1.29 is 4.57 Å². The van der Waals surface area contributed by atoms with Crippen molar-refractivity contribution >= 4 is 34.7 Å². The van der Waals surface area contributed by atoms with Crippen LogP contribution in [0.5, 0.6) is 0 Å². The number of hydrogen-bond acceptors (Lipinski definition) is 0. The normalized spacial score (nSPS) is 11.3. The van der Waals surface area contributed by atoms with Crippen LogP contribution in [0.1, 0.15) is 11.3 Å². The van der Waals surface area contributed by atoms with Crippen LogP contribution in [0.3, 0.4) is 0 Å². The average molecular weight is 281 g/mol. The van der Waals surface area contributed by atoms with Crippen molar-refractivity contribution in [3.8, 4) is 0 Å². The molecule has 1 nitrogen and oxygen atoms in total. The molecule has 0 aliphatic heterocycles. The molecule has 0 atom stereocenters. The topological polar surface area (TPSA) is 3.88 Å². The van der Waals surface area contributed by atoms with Crippen molar-refractivity contribution in [2.24, 2.45) is 7.05 Å². The maximum Gasteiger partial charge on any atom is 0.212 e. The summed E-state index contributed by atoms with van der Waals surface area (Å²) in [4.78, 5) is 0. The Morgan fingerprint density at radius 1 is 0.850 bits per heavy atom.